The molecule has 6 nitrogen and oxygen atoms in total. The summed E-state index contributed by atoms with van der Waals surface area (Å²) in [6, 6.07) is 11.9. The number of aromatic nitrogens is 4. The van der Waals surface area contributed by atoms with Gasteiger partial charge in [-0.05, 0) is 73.1 Å². The maximum Gasteiger partial charge on any atom is 0.349 e. The van der Waals surface area contributed by atoms with Gasteiger partial charge in [0.1, 0.15) is 0 Å². The van der Waals surface area contributed by atoms with Crippen LogP contribution in [0.1, 0.15) is 49.3 Å². The summed E-state index contributed by atoms with van der Waals surface area (Å²) in [5, 5.41) is 0.711. The zero-order valence-electron chi connectivity index (χ0n) is 17.9. The lowest BCUT2D eigenvalue weighted by Crippen LogP contribution is -2.29. The Balaban J connectivity index is 1.83. The molecule has 2 aromatic rings. The molecule has 1 unspecified atom stereocenters. The summed E-state index contributed by atoms with van der Waals surface area (Å²) < 4.78 is 1.96. The van der Waals surface area contributed by atoms with Crippen molar-refractivity contribution in [1.82, 2.24) is 19.5 Å². The quantitative estimate of drug-likeness (QED) is 0.444. The van der Waals surface area contributed by atoms with Gasteiger partial charge in [-0.25, -0.2) is 9.78 Å². The topological polar surface area (TPSA) is 80.6 Å². The standard InChI is InChI=1S/C24H25ClN4O2/c1-4-14(2)18-13-19-20(12-15(18)3)29(11-5-6-16-7-9-17(25)10-8-16)22-21(26-19)23(30)28-24(31)27-22/h7-10,12-14H,4-6,11H2,1-3H3,(H,28,30,31). The van der Waals surface area contributed by atoms with Gasteiger partial charge in [-0.1, -0.05) is 37.6 Å². The average Bonchev–Trinajstić information content (AvgIpc) is 2.74. The van der Waals surface area contributed by atoms with E-state index >= 15 is 0 Å². The molecule has 0 aromatic heterocycles. The molecule has 0 saturated heterocycles. The van der Waals surface area contributed by atoms with Gasteiger partial charge in [0, 0.05) is 11.6 Å². The summed E-state index contributed by atoms with van der Waals surface area (Å²) in [7, 11) is 0. The van der Waals surface area contributed by atoms with Crippen LogP contribution in [0.4, 0.5) is 0 Å². The highest BCUT2D eigenvalue weighted by Gasteiger charge is 2.20. The van der Waals surface area contributed by atoms with Crippen LogP contribution in [0.3, 0.4) is 0 Å². The maximum absolute atomic E-state index is 12.5. The van der Waals surface area contributed by atoms with Gasteiger partial charge in [0.15, 0.2) is 11.5 Å². The average molecular weight is 437 g/mol. The number of aryl methyl sites for hydroxylation is 3. The molecule has 4 rings (SSSR count). The van der Waals surface area contributed by atoms with E-state index in [0.717, 1.165) is 30.3 Å². The molecule has 2 aromatic carbocycles. The van der Waals surface area contributed by atoms with E-state index in [4.69, 9.17) is 11.6 Å². The number of hydrogen-bond acceptors (Lipinski definition) is 4. The van der Waals surface area contributed by atoms with Crippen molar-refractivity contribution < 1.29 is 0 Å². The minimum atomic E-state index is -0.655. The van der Waals surface area contributed by atoms with E-state index in [1.54, 1.807) is 0 Å². The molecular formula is C24H25ClN4O2. The summed E-state index contributed by atoms with van der Waals surface area (Å²) in [5.41, 5.74) is 4.22. The molecule has 31 heavy (non-hydrogen) atoms. The van der Waals surface area contributed by atoms with Crippen molar-refractivity contribution in [3.63, 3.8) is 0 Å². The minimum absolute atomic E-state index is 0.192. The van der Waals surface area contributed by atoms with Gasteiger partial charge in [-0.2, -0.15) is 4.98 Å². The second-order valence-corrected chi connectivity index (χ2v) is 8.48. The van der Waals surface area contributed by atoms with E-state index in [9.17, 15) is 9.59 Å². The lowest BCUT2D eigenvalue weighted by Gasteiger charge is -2.20. The third kappa shape index (κ3) is 4.26. The molecule has 0 radical (unpaired) electrons. The summed E-state index contributed by atoms with van der Waals surface area (Å²) in [6.45, 7) is 7.04. The Morgan fingerprint density at radius 3 is 2.58 bits per heavy atom. The molecule has 160 valence electrons. The first-order valence-corrected chi connectivity index (χ1v) is 10.9. The first-order chi connectivity index (χ1) is 14.9. The summed E-state index contributed by atoms with van der Waals surface area (Å²) >= 11 is 5.98. The molecule has 2 aliphatic heterocycles. The Bertz CT molecular complexity index is 1320. The van der Waals surface area contributed by atoms with Crippen LogP contribution in [0.25, 0.3) is 22.6 Å². The molecule has 7 heteroatoms. The van der Waals surface area contributed by atoms with Gasteiger partial charge in [-0.3, -0.25) is 9.78 Å². The Labute approximate surface area is 185 Å². The fourth-order valence-corrected chi connectivity index (χ4v) is 4.16. The number of hydrogen-bond donors (Lipinski definition) is 1. The molecule has 0 spiro atoms. The largest absolute Gasteiger partial charge is 0.349 e. The molecule has 0 aliphatic carbocycles. The van der Waals surface area contributed by atoms with E-state index in [-0.39, 0.29) is 5.69 Å². The molecule has 2 aliphatic rings. The number of fused-ring (bicyclic) bond motifs is 2. The van der Waals surface area contributed by atoms with Gasteiger partial charge in [-0.15, -0.1) is 0 Å². The molecule has 1 N–H and O–H groups in total. The van der Waals surface area contributed by atoms with Crippen molar-refractivity contribution in [3.8, 4) is 11.5 Å². The second kappa shape index (κ2) is 8.63. The van der Waals surface area contributed by atoms with Crippen molar-refractivity contribution >= 4 is 22.6 Å². The number of rotatable bonds is 6. The van der Waals surface area contributed by atoms with E-state index in [1.807, 2.05) is 28.8 Å². The SMILES string of the molecule is CCC(C)c1cc2nc3c(=O)[nH]c(=O)nc-3n(CCCc3ccc(Cl)cc3)c2cc1C. The van der Waals surface area contributed by atoms with Gasteiger partial charge in [0.2, 0.25) is 0 Å². The van der Waals surface area contributed by atoms with Gasteiger partial charge >= 0.3 is 5.69 Å². The van der Waals surface area contributed by atoms with Crippen molar-refractivity contribution in [3.05, 3.63) is 78.9 Å². The first-order valence-electron chi connectivity index (χ1n) is 10.6. The lowest BCUT2D eigenvalue weighted by atomic mass is 9.93. The Morgan fingerprint density at radius 1 is 1.13 bits per heavy atom. The number of halogens is 1. The van der Waals surface area contributed by atoms with Crippen molar-refractivity contribution in [2.45, 2.75) is 52.5 Å². The molecule has 2 heterocycles. The first kappa shape index (κ1) is 21.2. The van der Waals surface area contributed by atoms with Crippen LogP contribution in [0.2, 0.25) is 5.02 Å². The number of nitrogens with zero attached hydrogens (tertiary/aromatic N) is 3. The number of nitrogens with one attached hydrogen (secondary N) is 1. The minimum Gasteiger partial charge on any atom is -0.322 e. The predicted molar refractivity (Wildman–Crippen MR) is 124 cm³/mol. The summed E-state index contributed by atoms with van der Waals surface area (Å²) in [4.78, 5) is 35.4. The summed E-state index contributed by atoms with van der Waals surface area (Å²) in [5.74, 6) is 0.716. The summed E-state index contributed by atoms with van der Waals surface area (Å²) in [6.07, 6.45) is 2.67. The number of aromatic amines is 1. The fourth-order valence-electron chi connectivity index (χ4n) is 4.03. The van der Waals surface area contributed by atoms with E-state index in [1.165, 1.54) is 16.7 Å². The number of benzene rings is 2. The van der Waals surface area contributed by atoms with Crippen LogP contribution in [-0.4, -0.2) is 19.5 Å². The smallest absolute Gasteiger partial charge is 0.322 e. The highest BCUT2D eigenvalue weighted by atomic mass is 35.5. The fraction of sp³-hybridized carbons (Fsp3) is 0.333. The van der Waals surface area contributed by atoms with Crippen LogP contribution in [0.5, 0.6) is 0 Å². The third-order valence-electron chi connectivity index (χ3n) is 5.90. The Morgan fingerprint density at radius 2 is 1.87 bits per heavy atom. The van der Waals surface area contributed by atoms with Crippen LogP contribution < -0.4 is 11.2 Å². The molecule has 1 atom stereocenters. The van der Waals surface area contributed by atoms with Crippen molar-refractivity contribution in [2.75, 3.05) is 0 Å². The molecule has 0 amide bonds. The molecule has 0 saturated carbocycles. The van der Waals surface area contributed by atoms with Gasteiger partial charge in [0.25, 0.3) is 5.56 Å². The van der Waals surface area contributed by atoms with E-state index in [2.05, 4.69) is 47.9 Å². The highest BCUT2D eigenvalue weighted by Crippen LogP contribution is 2.29. The normalized spacial score (nSPS) is 12.5. The monoisotopic (exact) mass is 436 g/mol. The van der Waals surface area contributed by atoms with Crippen LogP contribution >= 0.6 is 11.6 Å². The predicted octanol–water partition coefficient (Wildman–Crippen LogP) is 4.69. The van der Waals surface area contributed by atoms with Gasteiger partial charge in [0.05, 0.1) is 11.0 Å². The van der Waals surface area contributed by atoms with Crippen molar-refractivity contribution in [1.29, 1.82) is 0 Å². The second-order valence-electron chi connectivity index (χ2n) is 8.04. The van der Waals surface area contributed by atoms with E-state index < -0.39 is 11.2 Å². The van der Waals surface area contributed by atoms with Crippen LogP contribution in [0.15, 0.2) is 46.0 Å². The molecular weight excluding hydrogens is 412 g/mol. The number of H-pyrrole nitrogens is 1. The van der Waals surface area contributed by atoms with Crippen molar-refractivity contribution in [2.24, 2.45) is 0 Å². The maximum atomic E-state index is 12.5. The van der Waals surface area contributed by atoms with Gasteiger partial charge < -0.3 is 4.57 Å². The Kier molecular flexibility index (Phi) is 5.92. The van der Waals surface area contributed by atoms with E-state index in [0.29, 0.717) is 23.3 Å². The van der Waals surface area contributed by atoms with Crippen LogP contribution in [-0.2, 0) is 13.0 Å². The Hall–Kier alpha value is -2.99. The zero-order chi connectivity index (χ0) is 22.1. The lowest BCUT2D eigenvalue weighted by molar-refractivity contribution is 0.648. The highest BCUT2D eigenvalue weighted by molar-refractivity contribution is 6.30. The zero-order valence-corrected chi connectivity index (χ0v) is 18.7. The molecule has 0 bridgehead atoms. The molecule has 0 fully saturated rings. The third-order valence-corrected chi connectivity index (χ3v) is 6.15. The van der Waals surface area contributed by atoms with Crippen LogP contribution in [0, 0.1) is 6.92 Å².